The molecule has 1 unspecified atom stereocenters. The third-order valence-corrected chi connectivity index (χ3v) is 5.71. The molecule has 0 spiro atoms. The lowest BCUT2D eigenvalue weighted by atomic mass is 10.0. The fourth-order valence-corrected chi connectivity index (χ4v) is 4.06. The van der Waals surface area contributed by atoms with Gasteiger partial charge >= 0.3 is 6.03 Å². The normalized spacial score (nSPS) is 18.4. The summed E-state index contributed by atoms with van der Waals surface area (Å²) in [6.07, 6.45) is -2.80. The predicted molar refractivity (Wildman–Crippen MR) is 109 cm³/mol. The molecule has 172 valence electrons. The van der Waals surface area contributed by atoms with E-state index in [2.05, 4.69) is 10.4 Å². The van der Waals surface area contributed by atoms with Crippen LogP contribution < -0.4 is 5.32 Å². The maximum Gasteiger partial charge on any atom is 0.322 e. The summed E-state index contributed by atoms with van der Waals surface area (Å²) >= 11 is 5.77. The highest BCUT2D eigenvalue weighted by Gasteiger charge is 2.35. The minimum atomic E-state index is -2.60. The number of nitrogens with zero attached hydrogens (tertiary/aromatic N) is 4. The van der Waals surface area contributed by atoms with Crippen LogP contribution >= 0.6 is 11.6 Å². The summed E-state index contributed by atoms with van der Waals surface area (Å²) in [7, 11) is 1.57. The van der Waals surface area contributed by atoms with Gasteiger partial charge in [-0.1, -0.05) is 11.6 Å². The Morgan fingerprint density at radius 3 is 2.88 bits per heavy atom. The number of benzene rings is 1. The van der Waals surface area contributed by atoms with Gasteiger partial charge in [-0.05, 0) is 18.2 Å². The first-order valence-electron chi connectivity index (χ1n) is 9.97. The Morgan fingerprint density at radius 1 is 1.38 bits per heavy atom. The van der Waals surface area contributed by atoms with E-state index in [0.29, 0.717) is 35.6 Å². The van der Waals surface area contributed by atoms with Crippen molar-refractivity contribution in [2.75, 3.05) is 32.1 Å². The van der Waals surface area contributed by atoms with Crippen LogP contribution in [0.4, 0.5) is 23.7 Å². The van der Waals surface area contributed by atoms with E-state index in [4.69, 9.17) is 16.3 Å². The van der Waals surface area contributed by atoms with Crippen LogP contribution in [0.3, 0.4) is 0 Å². The van der Waals surface area contributed by atoms with Crippen molar-refractivity contribution in [2.45, 2.75) is 32.0 Å². The molecule has 2 aliphatic rings. The van der Waals surface area contributed by atoms with E-state index < -0.39 is 31.0 Å². The average Bonchev–Trinajstić information content (AvgIpc) is 3.05. The van der Waals surface area contributed by atoms with Crippen molar-refractivity contribution in [1.82, 2.24) is 19.6 Å². The number of ether oxygens (including phenoxy) is 1. The van der Waals surface area contributed by atoms with Gasteiger partial charge in [-0.15, -0.1) is 0 Å². The summed E-state index contributed by atoms with van der Waals surface area (Å²) in [5, 5.41) is 7.06. The zero-order valence-electron chi connectivity index (χ0n) is 17.2. The van der Waals surface area contributed by atoms with Crippen LogP contribution in [0.25, 0.3) is 0 Å². The van der Waals surface area contributed by atoms with Gasteiger partial charge in [-0.3, -0.25) is 9.48 Å². The zero-order valence-corrected chi connectivity index (χ0v) is 17.9. The molecule has 1 N–H and O–H groups in total. The highest BCUT2D eigenvalue weighted by Crippen LogP contribution is 2.27. The molecular formula is C20H21ClF3N5O3. The Morgan fingerprint density at radius 2 is 2.16 bits per heavy atom. The van der Waals surface area contributed by atoms with E-state index in [0.717, 1.165) is 6.07 Å². The highest BCUT2D eigenvalue weighted by atomic mass is 35.5. The van der Waals surface area contributed by atoms with Crippen molar-refractivity contribution in [1.29, 1.82) is 0 Å². The number of alkyl halides is 2. The number of amides is 3. The fraction of sp³-hybridized carbons (Fsp3) is 0.450. The van der Waals surface area contributed by atoms with E-state index in [1.54, 1.807) is 7.05 Å². The predicted octanol–water partition coefficient (Wildman–Crippen LogP) is 3.00. The molecule has 12 heteroatoms. The lowest BCUT2D eigenvalue weighted by Gasteiger charge is -2.27. The number of hydrogen-bond donors (Lipinski definition) is 1. The number of fused-ring (bicyclic) bond motifs is 3. The van der Waals surface area contributed by atoms with E-state index in [9.17, 15) is 22.8 Å². The maximum absolute atomic E-state index is 13.4. The SMILES string of the molecule is CN1CC(OCC(F)F)Cn2nc3c(c2C1=O)CN(C(=O)Nc1ccc(F)c(Cl)c1)CC3. The first kappa shape index (κ1) is 22.4. The number of urea groups is 1. The number of hydrogen-bond acceptors (Lipinski definition) is 4. The molecule has 3 heterocycles. The van der Waals surface area contributed by atoms with Gasteiger partial charge in [0, 0.05) is 37.8 Å². The second kappa shape index (κ2) is 8.99. The molecule has 8 nitrogen and oxygen atoms in total. The molecule has 4 rings (SSSR count). The largest absolute Gasteiger partial charge is 0.369 e. The first-order chi connectivity index (χ1) is 15.2. The van der Waals surface area contributed by atoms with Gasteiger partial charge in [0.05, 0.1) is 29.9 Å². The quantitative estimate of drug-likeness (QED) is 0.743. The van der Waals surface area contributed by atoms with Crippen molar-refractivity contribution >= 4 is 29.2 Å². The summed E-state index contributed by atoms with van der Waals surface area (Å²) in [6, 6.07) is 3.45. The van der Waals surface area contributed by atoms with E-state index in [1.165, 1.54) is 26.6 Å². The van der Waals surface area contributed by atoms with Gasteiger partial charge in [0.1, 0.15) is 18.1 Å². The molecule has 0 saturated carbocycles. The van der Waals surface area contributed by atoms with Crippen molar-refractivity contribution in [2.24, 2.45) is 0 Å². The smallest absolute Gasteiger partial charge is 0.322 e. The molecule has 0 fully saturated rings. The van der Waals surface area contributed by atoms with Crippen molar-refractivity contribution in [3.63, 3.8) is 0 Å². The third-order valence-electron chi connectivity index (χ3n) is 5.42. The van der Waals surface area contributed by atoms with Crippen LogP contribution in [0.2, 0.25) is 5.02 Å². The Kier molecular flexibility index (Phi) is 6.29. The summed E-state index contributed by atoms with van der Waals surface area (Å²) in [5.41, 5.74) is 1.98. The number of nitrogens with one attached hydrogen (secondary N) is 1. The molecule has 32 heavy (non-hydrogen) atoms. The van der Waals surface area contributed by atoms with Crippen molar-refractivity contribution < 1.29 is 27.5 Å². The summed E-state index contributed by atoms with van der Waals surface area (Å²) < 4.78 is 45.2. The number of carbonyl (C=O) groups excluding carboxylic acids is 2. The van der Waals surface area contributed by atoms with Crippen LogP contribution in [0.1, 0.15) is 21.7 Å². The first-order valence-corrected chi connectivity index (χ1v) is 10.4. The molecule has 0 bridgehead atoms. The molecule has 2 aliphatic heterocycles. The molecule has 2 aromatic rings. The Bertz CT molecular complexity index is 1050. The Labute approximate surface area is 186 Å². The second-order valence-corrected chi connectivity index (χ2v) is 8.13. The number of anilines is 1. The van der Waals surface area contributed by atoms with Crippen molar-refractivity contribution in [3.8, 4) is 0 Å². The molecule has 1 atom stereocenters. The summed E-state index contributed by atoms with van der Waals surface area (Å²) in [5.74, 6) is -0.900. The zero-order chi connectivity index (χ0) is 23.0. The van der Waals surface area contributed by atoms with Crippen LogP contribution in [0.15, 0.2) is 18.2 Å². The monoisotopic (exact) mass is 471 g/mol. The van der Waals surface area contributed by atoms with Gasteiger partial charge in [0.2, 0.25) is 0 Å². The van der Waals surface area contributed by atoms with Gasteiger partial charge in [0.25, 0.3) is 12.3 Å². The number of rotatable bonds is 4. The average molecular weight is 472 g/mol. The standard InChI is InChI=1S/C20H21ClF3N5O3/c1-27-7-12(32-10-17(23)24)8-29-18(19(27)30)13-9-28(5-4-16(13)26-29)20(31)25-11-2-3-15(22)14(21)6-11/h2-3,6,12,17H,4-5,7-10H2,1H3,(H,25,31). The Hall–Kier alpha value is -2.79. The summed E-state index contributed by atoms with van der Waals surface area (Å²) in [6.45, 7) is 0.0993. The topological polar surface area (TPSA) is 79.7 Å². The molecule has 1 aromatic heterocycles. The molecule has 1 aromatic carbocycles. The lowest BCUT2D eigenvalue weighted by Crippen LogP contribution is -2.40. The van der Waals surface area contributed by atoms with Crippen LogP contribution in [-0.2, 0) is 24.2 Å². The van der Waals surface area contributed by atoms with Crippen molar-refractivity contribution in [3.05, 3.63) is 46.0 Å². The van der Waals surface area contributed by atoms with Crippen LogP contribution in [0.5, 0.6) is 0 Å². The minimum absolute atomic E-state index is 0.108. The molecule has 3 amide bonds. The number of carbonyl (C=O) groups is 2. The van der Waals surface area contributed by atoms with Gasteiger partial charge in [-0.25, -0.2) is 18.0 Å². The highest BCUT2D eigenvalue weighted by molar-refractivity contribution is 6.31. The Balaban J connectivity index is 1.53. The third kappa shape index (κ3) is 4.53. The van der Waals surface area contributed by atoms with Crippen LogP contribution in [0, 0.1) is 5.82 Å². The molecule has 0 aliphatic carbocycles. The molecule has 0 saturated heterocycles. The van der Waals surface area contributed by atoms with Crippen LogP contribution in [-0.4, -0.2) is 70.8 Å². The number of halogens is 4. The fourth-order valence-electron chi connectivity index (χ4n) is 3.88. The maximum atomic E-state index is 13.4. The molecular weight excluding hydrogens is 451 g/mol. The van der Waals surface area contributed by atoms with E-state index in [-0.39, 0.29) is 30.6 Å². The number of aromatic nitrogens is 2. The van der Waals surface area contributed by atoms with E-state index in [1.807, 2.05) is 0 Å². The van der Waals surface area contributed by atoms with Gasteiger partial charge < -0.3 is 19.9 Å². The minimum Gasteiger partial charge on any atom is -0.369 e. The van der Waals surface area contributed by atoms with E-state index >= 15 is 0 Å². The number of likely N-dealkylation sites (N-methyl/N-ethyl adjacent to an activating group) is 1. The lowest BCUT2D eigenvalue weighted by molar-refractivity contribution is -0.0362. The summed E-state index contributed by atoms with van der Waals surface area (Å²) in [4.78, 5) is 28.7. The molecule has 0 radical (unpaired) electrons. The van der Waals surface area contributed by atoms with Gasteiger partial charge in [0.15, 0.2) is 0 Å². The second-order valence-electron chi connectivity index (χ2n) is 7.72. The van der Waals surface area contributed by atoms with Gasteiger partial charge in [-0.2, -0.15) is 5.10 Å².